The number of phosphoric acid groups is 1. The molecule has 0 aliphatic carbocycles. The van der Waals surface area contributed by atoms with Gasteiger partial charge >= 0.3 is 19.8 Å². The van der Waals surface area contributed by atoms with E-state index in [1.807, 2.05) is 21.1 Å². The van der Waals surface area contributed by atoms with Crippen LogP contribution in [0, 0.1) is 0 Å². The molecule has 0 bridgehead atoms. The van der Waals surface area contributed by atoms with Crippen LogP contribution in [0.4, 0.5) is 0 Å². The molecule has 332 valence electrons. The van der Waals surface area contributed by atoms with Crippen LogP contribution in [-0.4, -0.2) is 74.9 Å². The van der Waals surface area contributed by atoms with Crippen LogP contribution >= 0.6 is 7.82 Å². The third-order valence-electron chi connectivity index (χ3n) is 10.3. The Morgan fingerprint density at radius 2 is 0.929 bits per heavy atom. The molecule has 2 atom stereocenters. The standard InChI is InChI=1S/C46H90NO8P/c1-6-8-10-12-14-16-18-20-22-23-25-26-28-30-32-34-36-38-45(48)52-42-44(43-54-56(50,51)53-41-40-47(3,4)5)55-46(49)39-37-35-33-31-29-27-24-21-19-17-15-13-11-9-7-2/h13,15,44H,6-12,14,16-43H2,1-5H3/p+1/b15-13+. The third kappa shape index (κ3) is 42.4. The second-order valence-corrected chi connectivity index (χ2v) is 18.6. The molecule has 1 N–H and O–H groups in total. The molecule has 0 radical (unpaired) electrons. The van der Waals surface area contributed by atoms with Crippen molar-refractivity contribution in [2.24, 2.45) is 0 Å². The maximum absolute atomic E-state index is 12.7. The number of likely N-dealkylation sites (N-methyl/N-ethyl adjacent to an activating group) is 1. The highest BCUT2D eigenvalue weighted by Gasteiger charge is 2.27. The Hall–Kier alpha value is -1.25. The van der Waals surface area contributed by atoms with Gasteiger partial charge in [0.15, 0.2) is 6.10 Å². The molecule has 0 aliphatic heterocycles. The van der Waals surface area contributed by atoms with E-state index in [0.29, 0.717) is 23.9 Å². The third-order valence-corrected chi connectivity index (χ3v) is 11.3. The first-order chi connectivity index (χ1) is 27.0. The van der Waals surface area contributed by atoms with Gasteiger partial charge in [-0.2, -0.15) is 0 Å². The molecule has 10 heteroatoms. The minimum Gasteiger partial charge on any atom is -0.462 e. The lowest BCUT2D eigenvalue weighted by Crippen LogP contribution is -2.37. The number of hydrogen-bond donors (Lipinski definition) is 1. The van der Waals surface area contributed by atoms with E-state index in [1.165, 1.54) is 148 Å². The van der Waals surface area contributed by atoms with Crippen LogP contribution in [0.25, 0.3) is 0 Å². The molecule has 0 amide bonds. The summed E-state index contributed by atoms with van der Waals surface area (Å²) in [7, 11) is 1.49. The van der Waals surface area contributed by atoms with Crippen LogP contribution in [0.3, 0.4) is 0 Å². The summed E-state index contributed by atoms with van der Waals surface area (Å²) in [6.07, 6.45) is 41.1. The summed E-state index contributed by atoms with van der Waals surface area (Å²) < 4.78 is 34.4. The Morgan fingerprint density at radius 3 is 1.38 bits per heavy atom. The number of phosphoric ester groups is 1. The summed E-state index contributed by atoms with van der Waals surface area (Å²) in [5, 5.41) is 0. The summed E-state index contributed by atoms with van der Waals surface area (Å²) in [6.45, 7) is 4.43. The van der Waals surface area contributed by atoms with Gasteiger partial charge in [0, 0.05) is 12.8 Å². The van der Waals surface area contributed by atoms with Gasteiger partial charge < -0.3 is 18.9 Å². The molecule has 0 spiro atoms. The van der Waals surface area contributed by atoms with E-state index in [1.54, 1.807) is 0 Å². The minimum atomic E-state index is -4.37. The van der Waals surface area contributed by atoms with Gasteiger partial charge in [-0.1, -0.05) is 187 Å². The summed E-state index contributed by atoms with van der Waals surface area (Å²) >= 11 is 0. The Bertz CT molecular complexity index is 969. The fourth-order valence-corrected chi connectivity index (χ4v) is 7.33. The van der Waals surface area contributed by atoms with Gasteiger partial charge in [0.2, 0.25) is 0 Å². The van der Waals surface area contributed by atoms with Crippen LogP contribution in [-0.2, 0) is 32.7 Å². The number of ether oxygens (including phenoxy) is 2. The number of quaternary nitrogens is 1. The number of carbonyl (C=O) groups is 2. The number of carbonyl (C=O) groups excluding carboxylic acids is 2. The first-order valence-electron chi connectivity index (χ1n) is 23.4. The Balaban J connectivity index is 4.28. The van der Waals surface area contributed by atoms with E-state index in [9.17, 15) is 19.0 Å². The van der Waals surface area contributed by atoms with E-state index in [0.717, 1.165) is 38.5 Å². The van der Waals surface area contributed by atoms with Crippen LogP contribution in [0.2, 0.25) is 0 Å². The van der Waals surface area contributed by atoms with Gasteiger partial charge in [0.1, 0.15) is 19.8 Å². The highest BCUT2D eigenvalue weighted by molar-refractivity contribution is 7.47. The topological polar surface area (TPSA) is 108 Å². The summed E-state index contributed by atoms with van der Waals surface area (Å²) in [5.41, 5.74) is 0. The monoisotopic (exact) mass is 817 g/mol. The molecular formula is C46H91NO8P+. The van der Waals surface area contributed by atoms with Crippen LogP contribution in [0.5, 0.6) is 0 Å². The zero-order valence-corrected chi connectivity index (χ0v) is 38.3. The smallest absolute Gasteiger partial charge is 0.462 e. The largest absolute Gasteiger partial charge is 0.472 e. The van der Waals surface area contributed by atoms with E-state index in [2.05, 4.69) is 26.0 Å². The fourth-order valence-electron chi connectivity index (χ4n) is 6.58. The molecule has 0 heterocycles. The van der Waals surface area contributed by atoms with E-state index < -0.39 is 26.5 Å². The normalized spacial score (nSPS) is 13.6. The second kappa shape index (κ2) is 39.2. The van der Waals surface area contributed by atoms with Crippen molar-refractivity contribution in [3.8, 4) is 0 Å². The van der Waals surface area contributed by atoms with Gasteiger partial charge in [-0.25, -0.2) is 4.57 Å². The van der Waals surface area contributed by atoms with Gasteiger partial charge in [-0.05, 0) is 32.1 Å². The van der Waals surface area contributed by atoms with Gasteiger partial charge in [-0.15, -0.1) is 0 Å². The number of esters is 2. The van der Waals surface area contributed by atoms with Crippen molar-refractivity contribution in [3.05, 3.63) is 12.2 Å². The van der Waals surface area contributed by atoms with Crippen LogP contribution in [0.15, 0.2) is 12.2 Å². The summed E-state index contributed by atoms with van der Waals surface area (Å²) in [6, 6.07) is 0. The molecule has 0 rings (SSSR count). The minimum absolute atomic E-state index is 0.0346. The number of hydrogen-bond acceptors (Lipinski definition) is 7. The van der Waals surface area contributed by atoms with E-state index >= 15 is 0 Å². The first-order valence-corrected chi connectivity index (χ1v) is 24.9. The van der Waals surface area contributed by atoms with Gasteiger partial charge in [-0.3, -0.25) is 18.6 Å². The maximum atomic E-state index is 12.7. The van der Waals surface area contributed by atoms with Crippen LogP contribution in [0.1, 0.15) is 219 Å². The predicted octanol–water partition coefficient (Wildman–Crippen LogP) is 13.4. The molecule has 0 saturated carbocycles. The number of nitrogens with zero attached hydrogens (tertiary/aromatic N) is 1. The zero-order valence-electron chi connectivity index (χ0n) is 37.4. The van der Waals surface area contributed by atoms with E-state index in [4.69, 9.17) is 18.5 Å². The highest BCUT2D eigenvalue weighted by atomic mass is 31.2. The predicted molar refractivity (Wildman–Crippen MR) is 234 cm³/mol. The van der Waals surface area contributed by atoms with Crippen molar-refractivity contribution in [1.82, 2.24) is 0 Å². The molecule has 0 aromatic rings. The zero-order chi connectivity index (χ0) is 41.4. The SMILES string of the molecule is CCCC/C=C/CCCCCCCCCCCC(=O)OC(COC(=O)CCCCCCCCCCCCCCCCCCC)COP(=O)(O)OCC[N+](C)(C)C. The molecule has 0 aliphatic rings. The number of allylic oxidation sites excluding steroid dienone is 2. The average Bonchev–Trinajstić information content (AvgIpc) is 3.15. The van der Waals surface area contributed by atoms with Crippen molar-refractivity contribution < 1.29 is 42.1 Å². The van der Waals surface area contributed by atoms with E-state index in [-0.39, 0.29) is 25.6 Å². The molecule has 56 heavy (non-hydrogen) atoms. The number of rotatable bonds is 43. The van der Waals surface area contributed by atoms with Crippen molar-refractivity contribution in [2.45, 2.75) is 225 Å². The Kier molecular flexibility index (Phi) is 38.3. The second-order valence-electron chi connectivity index (χ2n) is 17.1. The van der Waals surface area contributed by atoms with Crippen molar-refractivity contribution in [2.75, 3.05) is 47.5 Å². The Morgan fingerprint density at radius 1 is 0.536 bits per heavy atom. The van der Waals surface area contributed by atoms with Gasteiger partial charge in [0.25, 0.3) is 0 Å². The molecule has 2 unspecified atom stereocenters. The first kappa shape index (κ1) is 54.8. The molecule has 0 aromatic carbocycles. The van der Waals surface area contributed by atoms with Gasteiger partial charge in [0.05, 0.1) is 27.7 Å². The Labute approximate surface area is 346 Å². The van der Waals surface area contributed by atoms with Crippen molar-refractivity contribution >= 4 is 19.8 Å². The maximum Gasteiger partial charge on any atom is 0.472 e. The molecule has 0 saturated heterocycles. The van der Waals surface area contributed by atoms with Crippen LogP contribution < -0.4 is 0 Å². The quantitative estimate of drug-likeness (QED) is 0.0213. The number of unbranched alkanes of at least 4 members (excludes halogenated alkanes) is 27. The fraction of sp³-hybridized carbons (Fsp3) is 0.913. The summed E-state index contributed by atoms with van der Waals surface area (Å²) in [5.74, 6) is -0.789. The lowest BCUT2D eigenvalue weighted by molar-refractivity contribution is -0.870. The highest BCUT2D eigenvalue weighted by Crippen LogP contribution is 2.43. The lowest BCUT2D eigenvalue weighted by atomic mass is 10.0. The van der Waals surface area contributed by atoms with Crippen molar-refractivity contribution in [1.29, 1.82) is 0 Å². The molecule has 9 nitrogen and oxygen atoms in total. The van der Waals surface area contributed by atoms with Crippen molar-refractivity contribution in [3.63, 3.8) is 0 Å². The molecule has 0 aromatic heterocycles. The summed E-state index contributed by atoms with van der Waals surface area (Å²) in [4.78, 5) is 35.4. The molecular weight excluding hydrogens is 725 g/mol. The lowest BCUT2D eigenvalue weighted by Gasteiger charge is -2.24. The average molecular weight is 817 g/mol. The molecule has 0 fully saturated rings.